The lowest BCUT2D eigenvalue weighted by atomic mass is 9.77. The summed E-state index contributed by atoms with van der Waals surface area (Å²) in [5, 5.41) is 11.8. The lowest BCUT2D eigenvalue weighted by Crippen LogP contribution is -2.46. The first kappa shape index (κ1) is 18.6. The minimum Gasteiger partial charge on any atom is -0.391 e. The third kappa shape index (κ3) is 3.20. The van der Waals surface area contributed by atoms with Gasteiger partial charge in [0.05, 0.1) is 11.8 Å². The topological polar surface area (TPSA) is 57.4 Å². The summed E-state index contributed by atoms with van der Waals surface area (Å²) in [6.07, 6.45) is 5.69. The molecule has 1 saturated heterocycles. The highest BCUT2D eigenvalue weighted by Crippen LogP contribution is 2.39. The smallest absolute Gasteiger partial charge is 0.225 e. The van der Waals surface area contributed by atoms with Gasteiger partial charge in [-0.25, -0.2) is 9.97 Å². The van der Waals surface area contributed by atoms with Gasteiger partial charge in [-0.05, 0) is 50.9 Å². The van der Waals surface area contributed by atoms with E-state index in [4.69, 9.17) is 4.98 Å². The molecule has 6 nitrogen and oxygen atoms in total. The number of aliphatic hydroxyl groups is 1. The number of para-hydroxylation sites is 1. The van der Waals surface area contributed by atoms with Gasteiger partial charge in [-0.1, -0.05) is 18.2 Å². The van der Waals surface area contributed by atoms with E-state index in [1.165, 1.54) is 10.9 Å². The molecule has 0 unspecified atom stereocenters. The average Bonchev–Trinajstić information content (AvgIpc) is 3.28. The molecule has 1 aromatic carbocycles. The first-order chi connectivity index (χ1) is 14.0. The molecule has 2 aromatic heterocycles. The van der Waals surface area contributed by atoms with Crippen LogP contribution in [0.5, 0.6) is 0 Å². The van der Waals surface area contributed by atoms with Crippen LogP contribution >= 0.6 is 0 Å². The highest BCUT2D eigenvalue weighted by molar-refractivity contribution is 5.95. The summed E-state index contributed by atoms with van der Waals surface area (Å²) in [5.41, 5.74) is 3.32. The van der Waals surface area contributed by atoms with Crippen LogP contribution in [0.2, 0.25) is 0 Å². The zero-order valence-electron chi connectivity index (χ0n) is 17.4. The molecule has 0 amide bonds. The largest absolute Gasteiger partial charge is 0.391 e. The van der Waals surface area contributed by atoms with Crippen LogP contribution in [0.1, 0.15) is 12.8 Å². The van der Waals surface area contributed by atoms with Gasteiger partial charge in [0, 0.05) is 55.0 Å². The Morgan fingerprint density at radius 1 is 1.07 bits per heavy atom. The van der Waals surface area contributed by atoms with E-state index >= 15 is 0 Å². The van der Waals surface area contributed by atoms with Gasteiger partial charge in [0.1, 0.15) is 0 Å². The zero-order valence-corrected chi connectivity index (χ0v) is 17.4. The fraction of sp³-hybridized carbons (Fsp3) is 0.478. The van der Waals surface area contributed by atoms with Crippen molar-refractivity contribution >= 4 is 16.9 Å². The van der Waals surface area contributed by atoms with Crippen molar-refractivity contribution in [2.45, 2.75) is 25.0 Å². The van der Waals surface area contributed by atoms with Crippen LogP contribution in [0, 0.1) is 11.8 Å². The number of aliphatic hydroxyl groups excluding tert-OH is 1. The molecule has 1 N–H and O–H groups in total. The number of anilines is 1. The third-order valence-electron chi connectivity index (χ3n) is 6.87. The minimum absolute atomic E-state index is 0.242. The van der Waals surface area contributed by atoms with E-state index < -0.39 is 0 Å². The van der Waals surface area contributed by atoms with Crippen LogP contribution in [-0.2, 0) is 7.05 Å². The van der Waals surface area contributed by atoms with Crippen molar-refractivity contribution < 1.29 is 5.11 Å². The third-order valence-corrected chi connectivity index (χ3v) is 6.87. The summed E-state index contributed by atoms with van der Waals surface area (Å²) in [4.78, 5) is 14.0. The lowest BCUT2D eigenvalue weighted by molar-refractivity contribution is 0.00942. The summed E-state index contributed by atoms with van der Waals surface area (Å²) in [6, 6.07) is 10.7. The van der Waals surface area contributed by atoms with E-state index in [-0.39, 0.29) is 12.1 Å². The van der Waals surface area contributed by atoms with Crippen LogP contribution in [0.15, 0.2) is 42.7 Å². The molecule has 1 aliphatic heterocycles. The van der Waals surface area contributed by atoms with Crippen molar-refractivity contribution in [1.82, 2.24) is 19.4 Å². The summed E-state index contributed by atoms with van der Waals surface area (Å²) in [6.45, 7) is 1.90. The van der Waals surface area contributed by atoms with E-state index in [9.17, 15) is 5.11 Å². The van der Waals surface area contributed by atoms with E-state index in [1.807, 2.05) is 12.3 Å². The molecular weight excluding hydrogens is 362 g/mol. The number of nitrogens with zero attached hydrogens (tertiary/aromatic N) is 5. The van der Waals surface area contributed by atoms with Crippen LogP contribution in [0.25, 0.3) is 22.2 Å². The van der Waals surface area contributed by atoms with Crippen LogP contribution in [0.4, 0.5) is 5.95 Å². The molecule has 5 rings (SSSR count). The quantitative estimate of drug-likeness (QED) is 0.744. The Morgan fingerprint density at radius 2 is 1.83 bits per heavy atom. The number of hydrogen-bond acceptors (Lipinski definition) is 5. The second-order valence-electron chi connectivity index (χ2n) is 8.91. The molecule has 0 spiro atoms. The van der Waals surface area contributed by atoms with Gasteiger partial charge in [0.15, 0.2) is 0 Å². The monoisotopic (exact) mass is 391 g/mol. The molecule has 3 heterocycles. The first-order valence-corrected chi connectivity index (χ1v) is 10.5. The number of rotatable bonds is 3. The lowest BCUT2D eigenvalue weighted by Gasteiger charge is -2.38. The maximum Gasteiger partial charge on any atom is 0.225 e. The van der Waals surface area contributed by atoms with Gasteiger partial charge in [0.25, 0.3) is 0 Å². The number of hydrogen-bond donors (Lipinski definition) is 1. The second-order valence-corrected chi connectivity index (χ2v) is 8.91. The molecule has 3 aromatic rings. The Balaban J connectivity index is 1.42. The van der Waals surface area contributed by atoms with Crippen LogP contribution in [-0.4, -0.2) is 63.9 Å². The molecule has 0 bridgehead atoms. The summed E-state index contributed by atoms with van der Waals surface area (Å²) >= 11 is 0. The highest BCUT2D eigenvalue weighted by atomic mass is 16.3. The van der Waals surface area contributed by atoms with Crippen LogP contribution < -0.4 is 4.90 Å². The number of likely N-dealkylation sites (N-methyl/N-ethyl adjacent to an activating group) is 1. The van der Waals surface area contributed by atoms with Gasteiger partial charge in [-0.2, -0.15) is 0 Å². The predicted octanol–water partition coefficient (Wildman–Crippen LogP) is 2.77. The van der Waals surface area contributed by atoms with Gasteiger partial charge in [-0.3, -0.25) is 0 Å². The Kier molecular flexibility index (Phi) is 4.56. The molecular formula is C23H29N5O. The number of aromatic nitrogens is 3. The SMILES string of the molecule is CN(C)[C@@H]1C[C@@H]2CN(c3nccc(-c4cn(C)c5ccccc45)n3)C[C@@H]2C[C@H]1O. The molecule has 1 saturated carbocycles. The minimum atomic E-state index is -0.242. The van der Waals surface area contributed by atoms with Crippen molar-refractivity contribution in [1.29, 1.82) is 0 Å². The molecule has 4 atom stereocenters. The second kappa shape index (κ2) is 7.11. The first-order valence-electron chi connectivity index (χ1n) is 10.5. The summed E-state index contributed by atoms with van der Waals surface area (Å²) in [5.74, 6) is 1.92. The Labute approximate surface area is 171 Å². The van der Waals surface area contributed by atoms with Crippen molar-refractivity contribution in [2.24, 2.45) is 18.9 Å². The van der Waals surface area contributed by atoms with E-state index in [2.05, 4.69) is 71.0 Å². The predicted molar refractivity (Wildman–Crippen MR) is 116 cm³/mol. The van der Waals surface area contributed by atoms with Crippen molar-refractivity contribution in [3.05, 3.63) is 42.7 Å². The van der Waals surface area contributed by atoms with Crippen molar-refractivity contribution in [3.63, 3.8) is 0 Å². The fourth-order valence-electron chi connectivity index (χ4n) is 5.32. The molecule has 2 fully saturated rings. The van der Waals surface area contributed by atoms with Crippen molar-refractivity contribution in [2.75, 3.05) is 32.1 Å². The maximum absolute atomic E-state index is 10.5. The van der Waals surface area contributed by atoms with E-state index in [0.29, 0.717) is 11.8 Å². The van der Waals surface area contributed by atoms with Crippen LogP contribution in [0.3, 0.4) is 0 Å². The normalized spacial score (nSPS) is 27.0. The fourth-order valence-corrected chi connectivity index (χ4v) is 5.32. The maximum atomic E-state index is 10.5. The van der Waals surface area contributed by atoms with Gasteiger partial charge in [0.2, 0.25) is 5.95 Å². The molecule has 6 heteroatoms. The number of benzene rings is 1. The number of aryl methyl sites for hydroxylation is 1. The summed E-state index contributed by atoms with van der Waals surface area (Å²) in [7, 11) is 6.21. The van der Waals surface area contributed by atoms with E-state index in [1.54, 1.807) is 0 Å². The number of fused-ring (bicyclic) bond motifs is 2. The van der Waals surface area contributed by atoms with Gasteiger partial charge >= 0.3 is 0 Å². The zero-order chi connectivity index (χ0) is 20.1. The van der Waals surface area contributed by atoms with Gasteiger partial charge < -0.3 is 19.5 Å². The standard InChI is InChI=1S/C23H29N5O/c1-26(2)21-10-15-12-28(13-16(15)11-22(21)29)23-24-9-8-19(25-23)18-14-27(3)20-7-5-4-6-17(18)20/h4-9,14-16,21-22,29H,10-13H2,1-3H3/t15-,16+,21-,22-/m1/s1. The van der Waals surface area contributed by atoms with Gasteiger partial charge in [-0.15, -0.1) is 0 Å². The Morgan fingerprint density at radius 3 is 2.62 bits per heavy atom. The van der Waals surface area contributed by atoms with Crippen molar-refractivity contribution in [3.8, 4) is 11.3 Å². The molecule has 152 valence electrons. The Bertz CT molecular complexity index is 1030. The molecule has 1 aliphatic carbocycles. The summed E-state index contributed by atoms with van der Waals surface area (Å²) < 4.78 is 2.15. The average molecular weight is 392 g/mol. The Hall–Kier alpha value is -2.44. The highest BCUT2D eigenvalue weighted by Gasteiger charge is 2.43. The molecule has 0 radical (unpaired) electrons. The molecule has 29 heavy (non-hydrogen) atoms. The molecule has 2 aliphatic rings. The van der Waals surface area contributed by atoms with E-state index in [0.717, 1.165) is 43.1 Å².